The smallest absolute Gasteiger partial charge is 0.254 e. The summed E-state index contributed by atoms with van der Waals surface area (Å²) in [5.41, 5.74) is 4.69. The van der Waals surface area contributed by atoms with Crippen LogP contribution in [0.25, 0.3) is 10.9 Å². The number of rotatable bonds is 3. The largest absolute Gasteiger partial charge is 0.337 e. The lowest BCUT2D eigenvalue weighted by Gasteiger charge is -2.19. The van der Waals surface area contributed by atoms with Gasteiger partial charge in [-0.1, -0.05) is 42.0 Å². The summed E-state index contributed by atoms with van der Waals surface area (Å²) in [5.74, 6) is 0.0231. The minimum absolute atomic E-state index is 0.0231. The van der Waals surface area contributed by atoms with Crippen molar-refractivity contribution in [3.63, 3.8) is 0 Å². The maximum Gasteiger partial charge on any atom is 0.254 e. The first-order valence-electron chi connectivity index (χ1n) is 7.72. The van der Waals surface area contributed by atoms with Crippen molar-refractivity contribution >= 4 is 16.8 Å². The quantitative estimate of drug-likeness (QED) is 0.729. The summed E-state index contributed by atoms with van der Waals surface area (Å²) in [6.45, 7) is 4.54. The first-order chi connectivity index (χ1) is 11.0. The number of carbonyl (C=O) groups is 1. The molecule has 0 N–H and O–H groups in total. The van der Waals surface area contributed by atoms with Gasteiger partial charge in [0, 0.05) is 24.7 Å². The number of carbonyl (C=O) groups excluding carboxylic acids is 1. The van der Waals surface area contributed by atoms with Crippen LogP contribution in [0.2, 0.25) is 0 Å². The van der Waals surface area contributed by atoms with E-state index in [4.69, 9.17) is 0 Å². The molecule has 0 saturated carbocycles. The van der Waals surface area contributed by atoms with E-state index in [1.54, 1.807) is 4.90 Å². The highest BCUT2D eigenvalue weighted by molar-refractivity contribution is 6.06. The molecule has 1 aromatic heterocycles. The van der Waals surface area contributed by atoms with Gasteiger partial charge in [0.25, 0.3) is 5.91 Å². The van der Waals surface area contributed by atoms with Crippen molar-refractivity contribution < 1.29 is 4.79 Å². The molecule has 1 heterocycles. The van der Waals surface area contributed by atoms with Crippen molar-refractivity contribution in [2.45, 2.75) is 20.4 Å². The molecule has 0 fully saturated rings. The van der Waals surface area contributed by atoms with Crippen molar-refractivity contribution in [3.05, 3.63) is 77.0 Å². The summed E-state index contributed by atoms with van der Waals surface area (Å²) in [7, 11) is 1.84. The summed E-state index contributed by atoms with van der Waals surface area (Å²) in [6, 6.07) is 17.9. The van der Waals surface area contributed by atoms with Crippen LogP contribution in [0, 0.1) is 13.8 Å². The normalized spacial score (nSPS) is 10.7. The Morgan fingerprint density at radius 3 is 2.52 bits per heavy atom. The highest BCUT2D eigenvalue weighted by Crippen LogP contribution is 2.21. The molecule has 0 spiro atoms. The predicted molar refractivity (Wildman–Crippen MR) is 93.5 cm³/mol. The van der Waals surface area contributed by atoms with Crippen LogP contribution in [-0.2, 0) is 6.54 Å². The van der Waals surface area contributed by atoms with Crippen LogP contribution in [0.15, 0.2) is 54.6 Å². The van der Waals surface area contributed by atoms with Gasteiger partial charge in [-0.15, -0.1) is 0 Å². The Balaban J connectivity index is 1.98. The van der Waals surface area contributed by atoms with Gasteiger partial charge in [-0.25, -0.2) is 0 Å². The van der Waals surface area contributed by atoms with Crippen molar-refractivity contribution in [1.29, 1.82) is 0 Å². The first-order valence-corrected chi connectivity index (χ1v) is 7.72. The Hall–Kier alpha value is -2.68. The second kappa shape index (κ2) is 6.21. The molecular weight excluding hydrogens is 284 g/mol. The summed E-state index contributed by atoms with van der Waals surface area (Å²) >= 11 is 0. The molecule has 3 rings (SSSR count). The highest BCUT2D eigenvalue weighted by atomic mass is 16.2. The molecule has 0 unspecified atom stereocenters. The van der Waals surface area contributed by atoms with Crippen LogP contribution in [-0.4, -0.2) is 22.8 Å². The number of benzene rings is 2. The molecule has 0 atom stereocenters. The second-order valence-electron chi connectivity index (χ2n) is 5.98. The fourth-order valence-electron chi connectivity index (χ4n) is 2.78. The van der Waals surface area contributed by atoms with E-state index in [1.807, 2.05) is 75.5 Å². The lowest BCUT2D eigenvalue weighted by atomic mass is 10.0. The van der Waals surface area contributed by atoms with E-state index < -0.39 is 0 Å². The molecule has 0 aliphatic heterocycles. The summed E-state index contributed by atoms with van der Waals surface area (Å²) < 4.78 is 0. The van der Waals surface area contributed by atoms with E-state index in [2.05, 4.69) is 4.98 Å². The number of pyridine rings is 1. The standard InChI is InChI=1S/C20H20N2O/c1-14-9-10-19-17(11-14)18(12-15(2)21-19)20(23)22(3)13-16-7-5-4-6-8-16/h4-12H,13H2,1-3H3. The number of hydrogen-bond donors (Lipinski definition) is 0. The monoisotopic (exact) mass is 304 g/mol. The summed E-state index contributed by atoms with van der Waals surface area (Å²) in [4.78, 5) is 19.2. The average Bonchev–Trinajstić information content (AvgIpc) is 2.54. The molecule has 23 heavy (non-hydrogen) atoms. The van der Waals surface area contributed by atoms with Crippen molar-refractivity contribution in [3.8, 4) is 0 Å². The topological polar surface area (TPSA) is 33.2 Å². The Morgan fingerprint density at radius 2 is 1.78 bits per heavy atom. The Morgan fingerprint density at radius 1 is 1.04 bits per heavy atom. The maximum atomic E-state index is 12.9. The molecule has 3 heteroatoms. The van der Waals surface area contributed by atoms with Gasteiger partial charge in [0.05, 0.1) is 11.1 Å². The number of nitrogens with zero attached hydrogens (tertiary/aromatic N) is 2. The van der Waals surface area contributed by atoms with Crippen LogP contribution in [0.3, 0.4) is 0 Å². The van der Waals surface area contributed by atoms with E-state index in [0.717, 1.165) is 33.3 Å². The van der Waals surface area contributed by atoms with Gasteiger partial charge in [0.1, 0.15) is 0 Å². The lowest BCUT2D eigenvalue weighted by Crippen LogP contribution is -2.26. The Kier molecular flexibility index (Phi) is 4.11. The van der Waals surface area contributed by atoms with Gasteiger partial charge in [-0.05, 0) is 37.6 Å². The third kappa shape index (κ3) is 3.24. The van der Waals surface area contributed by atoms with Gasteiger partial charge < -0.3 is 4.90 Å². The summed E-state index contributed by atoms with van der Waals surface area (Å²) in [6.07, 6.45) is 0. The minimum atomic E-state index is 0.0231. The highest BCUT2D eigenvalue weighted by Gasteiger charge is 2.16. The fourth-order valence-corrected chi connectivity index (χ4v) is 2.78. The van der Waals surface area contributed by atoms with Crippen LogP contribution in [0.4, 0.5) is 0 Å². The first kappa shape index (κ1) is 15.2. The number of aromatic nitrogens is 1. The molecular formula is C20H20N2O. The third-order valence-electron chi connectivity index (χ3n) is 3.93. The zero-order valence-corrected chi connectivity index (χ0v) is 13.7. The molecule has 3 nitrogen and oxygen atoms in total. The van der Waals surface area contributed by atoms with Crippen molar-refractivity contribution in [2.24, 2.45) is 0 Å². The molecule has 0 aliphatic carbocycles. The predicted octanol–water partition coefficient (Wildman–Crippen LogP) is 4.12. The van der Waals surface area contributed by atoms with Crippen LogP contribution < -0.4 is 0 Å². The fraction of sp³-hybridized carbons (Fsp3) is 0.200. The van der Waals surface area contributed by atoms with Gasteiger partial charge in [-0.3, -0.25) is 9.78 Å². The second-order valence-corrected chi connectivity index (χ2v) is 5.98. The molecule has 116 valence electrons. The molecule has 0 radical (unpaired) electrons. The Labute approximate surface area is 136 Å². The van der Waals surface area contributed by atoms with Crippen molar-refractivity contribution in [2.75, 3.05) is 7.05 Å². The molecule has 3 aromatic rings. The number of hydrogen-bond acceptors (Lipinski definition) is 2. The van der Waals surface area contributed by atoms with Gasteiger partial charge in [0.2, 0.25) is 0 Å². The minimum Gasteiger partial charge on any atom is -0.337 e. The number of fused-ring (bicyclic) bond motifs is 1. The van der Waals surface area contributed by atoms with Crippen LogP contribution in [0.5, 0.6) is 0 Å². The zero-order valence-electron chi connectivity index (χ0n) is 13.7. The Bertz CT molecular complexity index is 856. The SMILES string of the molecule is Cc1ccc2nc(C)cc(C(=O)N(C)Cc3ccccc3)c2c1. The van der Waals surface area contributed by atoms with Crippen LogP contribution in [0.1, 0.15) is 27.2 Å². The molecule has 1 amide bonds. The molecule has 0 saturated heterocycles. The lowest BCUT2D eigenvalue weighted by molar-refractivity contribution is 0.0787. The van der Waals surface area contributed by atoms with Gasteiger partial charge >= 0.3 is 0 Å². The maximum absolute atomic E-state index is 12.9. The number of amides is 1. The third-order valence-corrected chi connectivity index (χ3v) is 3.93. The molecule has 0 aliphatic rings. The van der Waals surface area contributed by atoms with E-state index in [0.29, 0.717) is 6.54 Å². The van der Waals surface area contributed by atoms with E-state index in [9.17, 15) is 4.79 Å². The number of aryl methyl sites for hydroxylation is 2. The zero-order chi connectivity index (χ0) is 16.4. The van der Waals surface area contributed by atoms with E-state index in [-0.39, 0.29) is 5.91 Å². The van der Waals surface area contributed by atoms with Gasteiger partial charge in [-0.2, -0.15) is 0 Å². The molecule has 0 bridgehead atoms. The molecule has 2 aromatic carbocycles. The van der Waals surface area contributed by atoms with Crippen LogP contribution >= 0.6 is 0 Å². The van der Waals surface area contributed by atoms with Gasteiger partial charge in [0.15, 0.2) is 0 Å². The average molecular weight is 304 g/mol. The van der Waals surface area contributed by atoms with E-state index >= 15 is 0 Å². The van der Waals surface area contributed by atoms with Crippen molar-refractivity contribution in [1.82, 2.24) is 9.88 Å². The van der Waals surface area contributed by atoms with E-state index in [1.165, 1.54) is 0 Å². The summed E-state index contributed by atoms with van der Waals surface area (Å²) in [5, 5.41) is 0.917.